The first-order valence-corrected chi connectivity index (χ1v) is 12.9. The van der Waals surface area contributed by atoms with E-state index in [9.17, 15) is 24.3 Å². The van der Waals surface area contributed by atoms with Crippen LogP contribution in [0, 0.1) is 16.7 Å². The molecule has 0 aliphatic heterocycles. The van der Waals surface area contributed by atoms with Crippen molar-refractivity contribution in [1.82, 2.24) is 0 Å². The van der Waals surface area contributed by atoms with Gasteiger partial charge < -0.3 is 34.5 Å². The highest BCUT2D eigenvalue weighted by Crippen LogP contribution is 2.37. The maximum Gasteiger partial charge on any atom is 0.513 e. The van der Waals surface area contributed by atoms with Crippen molar-refractivity contribution >= 4 is 24.2 Å². The largest absolute Gasteiger partial charge is 0.513 e. The summed E-state index contributed by atoms with van der Waals surface area (Å²) in [6, 6.07) is 2.80. The molecule has 1 rings (SSSR count). The van der Waals surface area contributed by atoms with Crippen LogP contribution in [0.25, 0.3) is 0 Å². The second-order valence-corrected chi connectivity index (χ2v) is 11.9. The third-order valence-corrected chi connectivity index (χ3v) is 5.57. The lowest BCUT2D eigenvalue weighted by molar-refractivity contribution is -0.150. The Balaban J connectivity index is 3.44. The number of aliphatic carboxylic acids is 1. The molecule has 11 nitrogen and oxygen atoms in total. The van der Waals surface area contributed by atoms with Crippen LogP contribution < -0.4 is 15.2 Å². The monoisotopic (exact) mass is 553 g/mol. The molecule has 0 saturated carbocycles. The van der Waals surface area contributed by atoms with E-state index in [0.29, 0.717) is 5.56 Å². The average molecular weight is 554 g/mol. The molecule has 0 aliphatic carbocycles. The summed E-state index contributed by atoms with van der Waals surface area (Å²) in [4.78, 5) is 48.6. The Hall–Kier alpha value is -3.34. The number of carboxylic acid groups (broad SMARTS) is 1. The van der Waals surface area contributed by atoms with E-state index in [4.69, 9.17) is 29.4 Å². The molecule has 0 aliphatic rings. The van der Waals surface area contributed by atoms with Gasteiger partial charge in [-0.2, -0.15) is 0 Å². The molecule has 0 heterocycles. The normalized spacial score (nSPS) is 14.8. The van der Waals surface area contributed by atoms with Gasteiger partial charge in [0.2, 0.25) is 0 Å². The first-order chi connectivity index (χ1) is 17.8. The molecule has 3 N–H and O–H groups in total. The van der Waals surface area contributed by atoms with Gasteiger partial charge in [0.15, 0.2) is 11.5 Å². The van der Waals surface area contributed by atoms with Crippen LogP contribution in [-0.4, -0.2) is 54.7 Å². The smallest absolute Gasteiger partial charge is 0.480 e. The van der Waals surface area contributed by atoms with Crippen molar-refractivity contribution in [2.45, 2.75) is 86.8 Å². The fourth-order valence-corrected chi connectivity index (χ4v) is 3.37. The van der Waals surface area contributed by atoms with Gasteiger partial charge in [-0.3, -0.25) is 9.59 Å². The third kappa shape index (κ3) is 11.9. The summed E-state index contributed by atoms with van der Waals surface area (Å²) in [5.41, 5.74) is 5.77. The van der Waals surface area contributed by atoms with Crippen molar-refractivity contribution in [2.24, 2.45) is 22.5 Å². The quantitative estimate of drug-likeness (QED) is 0.208. The van der Waals surface area contributed by atoms with Crippen molar-refractivity contribution in [3.05, 3.63) is 23.8 Å². The Bertz CT molecular complexity index is 1010. The highest BCUT2D eigenvalue weighted by atomic mass is 16.7. The van der Waals surface area contributed by atoms with E-state index in [1.807, 2.05) is 41.5 Å². The number of rotatable bonds is 11. The summed E-state index contributed by atoms with van der Waals surface area (Å²) in [5, 5.41) is 9.71. The average Bonchev–Trinajstić information content (AvgIpc) is 2.81. The minimum atomic E-state index is -1.40. The number of carbonyl (C=O) groups excluding carboxylic acids is 3. The van der Waals surface area contributed by atoms with Crippen molar-refractivity contribution in [1.29, 1.82) is 0 Å². The lowest BCUT2D eigenvalue weighted by atomic mass is 9.79. The molecular formula is C28H43NO10. The maximum atomic E-state index is 12.5. The number of ether oxygens (including phenoxy) is 5. The summed E-state index contributed by atoms with van der Waals surface area (Å²) in [6.45, 7) is 16.4. The van der Waals surface area contributed by atoms with Crippen LogP contribution in [-0.2, 0) is 23.8 Å². The van der Waals surface area contributed by atoms with Gasteiger partial charge in [0.05, 0.1) is 13.2 Å². The van der Waals surface area contributed by atoms with E-state index in [0.717, 1.165) is 0 Å². The second-order valence-electron chi connectivity index (χ2n) is 11.9. The topological polar surface area (TPSA) is 161 Å². The fraction of sp³-hybridized carbons (Fsp3) is 0.643. The Labute approximate surface area is 230 Å². The minimum absolute atomic E-state index is 0.0548. The number of carbonyl (C=O) groups is 4. The number of esters is 1. The van der Waals surface area contributed by atoms with E-state index in [1.165, 1.54) is 18.2 Å². The van der Waals surface area contributed by atoms with Crippen molar-refractivity contribution in [3.8, 4) is 11.5 Å². The molecule has 220 valence electrons. The SMILES string of the molecule is CCC(=O)OC(C)C(C)C(c1ccc(OC(=O)OCC(C)(C)C)c(OC(=O)OCC(C)(C)C)c1)[C@H](N)C(=O)O. The highest BCUT2D eigenvalue weighted by molar-refractivity contribution is 5.75. The lowest BCUT2D eigenvalue weighted by Crippen LogP contribution is -2.42. The van der Waals surface area contributed by atoms with E-state index in [2.05, 4.69) is 0 Å². The Morgan fingerprint density at radius 2 is 1.36 bits per heavy atom. The van der Waals surface area contributed by atoms with E-state index in [1.54, 1.807) is 20.8 Å². The zero-order valence-corrected chi connectivity index (χ0v) is 24.4. The predicted molar refractivity (Wildman–Crippen MR) is 143 cm³/mol. The zero-order chi connectivity index (χ0) is 30.1. The summed E-state index contributed by atoms with van der Waals surface area (Å²) >= 11 is 0. The van der Waals surface area contributed by atoms with Crippen LogP contribution in [0.3, 0.4) is 0 Å². The molecule has 0 saturated heterocycles. The first kappa shape index (κ1) is 33.7. The van der Waals surface area contributed by atoms with Crippen LogP contribution in [0.4, 0.5) is 9.59 Å². The van der Waals surface area contributed by atoms with Crippen LogP contribution >= 0.6 is 0 Å². The van der Waals surface area contributed by atoms with Crippen molar-refractivity contribution < 1.29 is 48.0 Å². The summed E-state index contributed by atoms with van der Waals surface area (Å²) in [6.07, 6.45) is -2.60. The summed E-state index contributed by atoms with van der Waals surface area (Å²) in [5.74, 6) is -3.51. The second kappa shape index (κ2) is 14.2. The number of carboxylic acids is 1. The van der Waals surface area contributed by atoms with E-state index < -0.39 is 48.2 Å². The molecule has 0 fully saturated rings. The molecule has 0 bridgehead atoms. The number of hydrogen-bond acceptors (Lipinski definition) is 10. The van der Waals surface area contributed by atoms with E-state index >= 15 is 0 Å². The number of nitrogens with two attached hydrogens (primary N) is 1. The molecule has 39 heavy (non-hydrogen) atoms. The molecule has 0 spiro atoms. The molecule has 1 aromatic carbocycles. The molecule has 0 amide bonds. The number of hydrogen-bond donors (Lipinski definition) is 2. The van der Waals surface area contributed by atoms with Gasteiger partial charge in [-0.15, -0.1) is 0 Å². The van der Waals surface area contributed by atoms with Gasteiger partial charge in [0.25, 0.3) is 0 Å². The standard InChI is InChI=1S/C28H43NO10/c1-10-21(30)37-17(3)16(2)22(23(29)24(31)32)18-11-12-19(38-25(33)35-14-27(4,5)6)20(13-18)39-26(34)36-15-28(7,8)9/h11-13,16-17,22-23H,10,14-15,29H2,1-9H3,(H,31,32)/t16?,17?,22?,23-/m0/s1. The minimum Gasteiger partial charge on any atom is -0.480 e. The highest BCUT2D eigenvalue weighted by Gasteiger charge is 2.36. The Kier molecular flexibility index (Phi) is 12.2. The van der Waals surface area contributed by atoms with Crippen LogP contribution in [0.1, 0.15) is 80.2 Å². The molecule has 11 heteroatoms. The van der Waals surface area contributed by atoms with Gasteiger partial charge in [0, 0.05) is 18.3 Å². The molecule has 0 radical (unpaired) electrons. The van der Waals surface area contributed by atoms with Crippen molar-refractivity contribution in [2.75, 3.05) is 13.2 Å². The molecule has 0 aromatic heterocycles. The van der Waals surface area contributed by atoms with Gasteiger partial charge >= 0.3 is 24.2 Å². The Morgan fingerprint density at radius 3 is 1.79 bits per heavy atom. The molecule has 3 unspecified atom stereocenters. The molecule has 4 atom stereocenters. The van der Waals surface area contributed by atoms with Gasteiger partial charge in [0.1, 0.15) is 12.1 Å². The zero-order valence-electron chi connectivity index (χ0n) is 24.4. The van der Waals surface area contributed by atoms with Crippen LogP contribution in [0.2, 0.25) is 0 Å². The van der Waals surface area contributed by atoms with Crippen LogP contribution in [0.15, 0.2) is 18.2 Å². The lowest BCUT2D eigenvalue weighted by Gasteiger charge is -2.31. The van der Waals surface area contributed by atoms with Gasteiger partial charge in [-0.25, -0.2) is 9.59 Å². The first-order valence-electron chi connectivity index (χ1n) is 12.9. The van der Waals surface area contributed by atoms with Gasteiger partial charge in [-0.05, 0) is 35.4 Å². The van der Waals surface area contributed by atoms with Crippen molar-refractivity contribution in [3.63, 3.8) is 0 Å². The predicted octanol–water partition coefficient (Wildman–Crippen LogP) is 5.28. The summed E-state index contributed by atoms with van der Waals surface area (Å²) < 4.78 is 26.4. The molecular weight excluding hydrogens is 510 g/mol. The molecule has 1 aromatic rings. The third-order valence-electron chi connectivity index (χ3n) is 5.57. The van der Waals surface area contributed by atoms with Gasteiger partial charge in [-0.1, -0.05) is 61.5 Å². The fourth-order valence-electron chi connectivity index (χ4n) is 3.37. The van der Waals surface area contributed by atoms with Crippen LogP contribution in [0.5, 0.6) is 11.5 Å². The van der Waals surface area contributed by atoms with E-state index in [-0.39, 0.29) is 42.0 Å². The maximum absolute atomic E-state index is 12.5. The summed E-state index contributed by atoms with van der Waals surface area (Å²) in [7, 11) is 0. The Morgan fingerprint density at radius 1 is 0.872 bits per heavy atom. The number of benzene rings is 1.